The number of imidazole rings is 1. The van der Waals surface area contributed by atoms with Gasteiger partial charge in [-0.1, -0.05) is 0 Å². The fourth-order valence-corrected chi connectivity index (χ4v) is 3.66. The van der Waals surface area contributed by atoms with Crippen LogP contribution in [0.25, 0.3) is 15.5 Å². The molecule has 0 amide bonds. The normalized spacial score (nSPS) is 11.2. The number of nitrogens with zero attached hydrogens (tertiary/aromatic N) is 2. The summed E-state index contributed by atoms with van der Waals surface area (Å²) in [6.45, 7) is 2.07. The summed E-state index contributed by atoms with van der Waals surface area (Å²) in [5.41, 5.74) is 1.97. The molecule has 0 aliphatic carbocycles. The van der Waals surface area contributed by atoms with Crippen molar-refractivity contribution in [2.75, 3.05) is 0 Å². The number of thiazole rings is 1. The lowest BCUT2D eigenvalue weighted by atomic mass is 10.2. The van der Waals surface area contributed by atoms with Crippen LogP contribution in [0.2, 0.25) is 0 Å². The first-order valence-electron chi connectivity index (χ1n) is 5.87. The predicted molar refractivity (Wildman–Crippen MR) is 77.1 cm³/mol. The van der Waals surface area contributed by atoms with Crippen LogP contribution in [0.15, 0.2) is 23.7 Å². The zero-order valence-corrected chi connectivity index (χ0v) is 11.9. The first-order valence-corrected chi connectivity index (χ1v) is 7.57. The molecule has 3 rings (SSSR count). The Balaban J connectivity index is 1.95. The first-order chi connectivity index (χ1) is 9.13. The highest BCUT2D eigenvalue weighted by Crippen LogP contribution is 2.29. The van der Waals surface area contributed by atoms with Gasteiger partial charge in [0.15, 0.2) is 4.96 Å². The van der Waals surface area contributed by atoms with Crippen molar-refractivity contribution in [1.29, 1.82) is 0 Å². The van der Waals surface area contributed by atoms with E-state index in [1.807, 2.05) is 16.0 Å². The zero-order chi connectivity index (χ0) is 13.4. The van der Waals surface area contributed by atoms with Gasteiger partial charge in [-0.25, -0.2) is 4.98 Å². The van der Waals surface area contributed by atoms with Crippen LogP contribution >= 0.6 is 22.7 Å². The molecule has 1 N–H and O–H groups in total. The number of hydrogen-bond acceptors (Lipinski definition) is 4. The number of carboxylic acid groups (broad SMARTS) is 1. The first kappa shape index (κ1) is 12.4. The van der Waals surface area contributed by atoms with Crippen LogP contribution in [0.3, 0.4) is 0 Å². The number of fused-ring (bicyclic) bond motifs is 1. The van der Waals surface area contributed by atoms with Crippen molar-refractivity contribution in [3.05, 3.63) is 34.3 Å². The van der Waals surface area contributed by atoms with Gasteiger partial charge >= 0.3 is 5.97 Å². The van der Waals surface area contributed by atoms with Crippen LogP contribution in [0, 0.1) is 6.92 Å². The average Bonchev–Trinajstić information content (AvgIpc) is 3.00. The van der Waals surface area contributed by atoms with Crippen LogP contribution in [0.4, 0.5) is 0 Å². The zero-order valence-electron chi connectivity index (χ0n) is 10.3. The number of thiophene rings is 1. The Hall–Kier alpha value is -1.66. The van der Waals surface area contributed by atoms with Crippen molar-refractivity contribution in [2.24, 2.45) is 0 Å². The van der Waals surface area contributed by atoms with Crippen molar-refractivity contribution >= 4 is 33.6 Å². The largest absolute Gasteiger partial charge is 0.481 e. The van der Waals surface area contributed by atoms with Gasteiger partial charge in [0.05, 0.1) is 11.3 Å². The topological polar surface area (TPSA) is 54.6 Å². The SMILES string of the molecule is Cc1ccc(-c2cn3c(CCC(=O)O)csc3n2)s1. The number of hydrogen-bond donors (Lipinski definition) is 1. The summed E-state index contributed by atoms with van der Waals surface area (Å²) in [6, 6.07) is 4.15. The third kappa shape index (κ3) is 2.41. The molecule has 3 aromatic rings. The van der Waals surface area contributed by atoms with Gasteiger partial charge < -0.3 is 5.11 Å². The minimum atomic E-state index is -0.770. The van der Waals surface area contributed by atoms with Gasteiger partial charge in [-0.3, -0.25) is 9.20 Å². The van der Waals surface area contributed by atoms with E-state index in [1.165, 1.54) is 4.88 Å². The number of aryl methyl sites for hydroxylation is 2. The Kier molecular flexibility index (Phi) is 3.12. The molecular weight excluding hydrogens is 280 g/mol. The van der Waals surface area contributed by atoms with Gasteiger partial charge in [-0.2, -0.15) is 0 Å². The highest BCUT2D eigenvalue weighted by molar-refractivity contribution is 7.16. The number of carbonyl (C=O) groups is 1. The van der Waals surface area contributed by atoms with E-state index in [4.69, 9.17) is 5.11 Å². The van der Waals surface area contributed by atoms with Gasteiger partial charge in [0.1, 0.15) is 5.69 Å². The maximum absolute atomic E-state index is 10.6. The monoisotopic (exact) mass is 292 g/mol. The molecule has 3 aromatic heterocycles. The highest BCUT2D eigenvalue weighted by Gasteiger charge is 2.11. The standard InChI is InChI=1S/C13H12N2O2S2/c1-8-2-4-11(19-8)10-6-15-9(3-5-12(16)17)7-18-13(15)14-10/h2,4,6-7H,3,5H2,1H3,(H,16,17). The fraction of sp³-hybridized carbons (Fsp3) is 0.231. The molecule has 98 valence electrons. The van der Waals surface area contributed by atoms with Crippen molar-refractivity contribution in [1.82, 2.24) is 9.38 Å². The molecule has 0 aliphatic rings. The number of rotatable bonds is 4. The second kappa shape index (κ2) is 4.79. The quantitative estimate of drug-likeness (QED) is 0.801. The molecule has 0 radical (unpaired) electrons. The molecule has 0 aliphatic heterocycles. The molecule has 0 saturated heterocycles. The Morgan fingerprint density at radius 2 is 2.32 bits per heavy atom. The van der Waals surface area contributed by atoms with E-state index in [-0.39, 0.29) is 6.42 Å². The van der Waals surface area contributed by atoms with Gasteiger partial charge in [0, 0.05) is 22.1 Å². The molecule has 0 saturated carbocycles. The molecule has 19 heavy (non-hydrogen) atoms. The molecule has 0 aromatic carbocycles. The maximum Gasteiger partial charge on any atom is 0.303 e. The molecule has 0 spiro atoms. The lowest BCUT2D eigenvalue weighted by molar-refractivity contribution is -0.136. The van der Waals surface area contributed by atoms with Crippen molar-refractivity contribution in [2.45, 2.75) is 19.8 Å². The molecule has 4 nitrogen and oxygen atoms in total. The summed E-state index contributed by atoms with van der Waals surface area (Å²) >= 11 is 3.27. The Bertz CT molecular complexity index is 739. The number of carboxylic acids is 1. The smallest absolute Gasteiger partial charge is 0.303 e. The van der Waals surface area contributed by atoms with Crippen molar-refractivity contribution < 1.29 is 9.90 Å². The van der Waals surface area contributed by atoms with Gasteiger partial charge in [-0.05, 0) is 25.5 Å². The summed E-state index contributed by atoms with van der Waals surface area (Å²) in [5.74, 6) is -0.770. The molecule has 0 bridgehead atoms. The summed E-state index contributed by atoms with van der Waals surface area (Å²) in [4.78, 5) is 18.6. The molecular formula is C13H12N2O2S2. The fourth-order valence-electron chi connectivity index (χ4n) is 1.93. The number of aromatic nitrogens is 2. The van der Waals surface area contributed by atoms with Crippen LogP contribution in [0.1, 0.15) is 17.0 Å². The Morgan fingerprint density at radius 3 is 3.00 bits per heavy atom. The second-order valence-electron chi connectivity index (χ2n) is 4.31. The third-order valence-electron chi connectivity index (χ3n) is 2.87. The third-order valence-corrected chi connectivity index (χ3v) is 4.78. The minimum absolute atomic E-state index is 0.150. The summed E-state index contributed by atoms with van der Waals surface area (Å²) in [7, 11) is 0. The van der Waals surface area contributed by atoms with Gasteiger partial charge in [0.25, 0.3) is 0 Å². The van der Waals surface area contributed by atoms with Crippen molar-refractivity contribution in [3.63, 3.8) is 0 Å². The number of aliphatic carboxylic acids is 1. The van der Waals surface area contributed by atoms with E-state index in [9.17, 15) is 4.79 Å². The highest BCUT2D eigenvalue weighted by atomic mass is 32.1. The Morgan fingerprint density at radius 1 is 1.47 bits per heavy atom. The van der Waals surface area contributed by atoms with Gasteiger partial charge in [0.2, 0.25) is 0 Å². The van der Waals surface area contributed by atoms with Crippen LogP contribution in [-0.4, -0.2) is 20.5 Å². The summed E-state index contributed by atoms with van der Waals surface area (Å²) in [6.07, 6.45) is 2.68. The maximum atomic E-state index is 10.6. The molecule has 0 unspecified atom stereocenters. The van der Waals surface area contributed by atoms with E-state index in [1.54, 1.807) is 22.7 Å². The van der Waals surface area contributed by atoms with Crippen LogP contribution < -0.4 is 0 Å². The van der Waals surface area contributed by atoms with E-state index in [0.29, 0.717) is 6.42 Å². The Labute approximate surface area is 118 Å². The average molecular weight is 292 g/mol. The van der Waals surface area contributed by atoms with E-state index >= 15 is 0 Å². The van der Waals surface area contributed by atoms with E-state index in [2.05, 4.69) is 24.0 Å². The second-order valence-corrected chi connectivity index (χ2v) is 6.43. The minimum Gasteiger partial charge on any atom is -0.481 e. The molecule has 3 heterocycles. The lowest BCUT2D eigenvalue weighted by Crippen LogP contribution is -1.99. The lowest BCUT2D eigenvalue weighted by Gasteiger charge is -1.95. The van der Waals surface area contributed by atoms with Crippen LogP contribution in [0.5, 0.6) is 0 Å². The molecule has 0 atom stereocenters. The molecule has 6 heteroatoms. The summed E-state index contributed by atoms with van der Waals surface area (Å²) < 4.78 is 2.00. The van der Waals surface area contributed by atoms with E-state index in [0.717, 1.165) is 21.2 Å². The summed E-state index contributed by atoms with van der Waals surface area (Å²) in [5, 5.41) is 10.7. The van der Waals surface area contributed by atoms with Crippen LogP contribution in [-0.2, 0) is 11.2 Å². The predicted octanol–water partition coefficient (Wildman–Crippen LogP) is 3.45. The molecule has 0 fully saturated rings. The van der Waals surface area contributed by atoms with Gasteiger partial charge in [-0.15, -0.1) is 22.7 Å². The van der Waals surface area contributed by atoms with Crippen molar-refractivity contribution in [3.8, 4) is 10.6 Å². The van der Waals surface area contributed by atoms with E-state index < -0.39 is 5.97 Å².